The minimum atomic E-state index is -0.973. The molecular formula is C15H16N2O3S. The van der Waals surface area contributed by atoms with E-state index >= 15 is 0 Å². The van der Waals surface area contributed by atoms with E-state index in [-0.39, 0.29) is 11.1 Å². The number of rotatable bonds is 5. The van der Waals surface area contributed by atoms with Crippen molar-refractivity contribution in [2.75, 3.05) is 0 Å². The van der Waals surface area contributed by atoms with E-state index in [1.807, 2.05) is 6.92 Å². The van der Waals surface area contributed by atoms with Crippen molar-refractivity contribution >= 4 is 17.7 Å². The molecule has 1 N–H and O–H groups in total. The van der Waals surface area contributed by atoms with E-state index in [0.717, 1.165) is 6.42 Å². The van der Waals surface area contributed by atoms with Crippen LogP contribution in [0.4, 0.5) is 0 Å². The van der Waals surface area contributed by atoms with E-state index in [2.05, 4.69) is 4.98 Å². The van der Waals surface area contributed by atoms with Crippen molar-refractivity contribution in [2.24, 2.45) is 0 Å². The van der Waals surface area contributed by atoms with Gasteiger partial charge in [-0.2, -0.15) is 0 Å². The lowest BCUT2D eigenvalue weighted by molar-refractivity contribution is 0.0696. The molecule has 0 spiro atoms. The quantitative estimate of drug-likeness (QED) is 0.919. The van der Waals surface area contributed by atoms with Crippen LogP contribution in [0.5, 0.6) is 0 Å². The molecule has 1 aromatic carbocycles. The molecule has 0 amide bonds. The zero-order valence-electron chi connectivity index (χ0n) is 11.9. The summed E-state index contributed by atoms with van der Waals surface area (Å²) in [4.78, 5) is 28.1. The first-order valence-electron chi connectivity index (χ1n) is 6.60. The topological polar surface area (TPSA) is 72.2 Å². The number of aryl methyl sites for hydroxylation is 2. The normalized spacial score (nSPS) is 10.6. The molecule has 0 atom stereocenters. The van der Waals surface area contributed by atoms with Crippen molar-refractivity contribution < 1.29 is 9.90 Å². The summed E-state index contributed by atoms with van der Waals surface area (Å²) < 4.78 is 1.61. The van der Waals surface area contributed by atoms with Crippen LogP contribution < -0.4 is 5.56 Å². The van der Waals surface area contributed by atoms with Gasteiger partial charge in [0.25, 0.3) is 5.56 Å². The molecule has 1 aromatic heterocycles. The van der Waals surface area contributed by atoms with Gasteiger partial charge < -0.3 is 9.67 Å². The van der Waals surface area contributed by atoms with Crippen LogP contribution in [-0.4, -0.2) is 20.6 Å². The van der Waals surface area contributed by atoms with Crippen molar-refractivity contribution in [1.29, 1.82) is 0 Å². The Labute approximate surface area is 126 Å². The van der Waals surface area contributed by atoms with Gasteiger partial charge >= 0.3 is 5.97 Å². The molecule has 0 unspecified atom stereocenters. The second kappa shape index (κ2) is 6.58. The molecule has 110 valence electrons. The Balaban J connectivity index is 2.35. The summed E-state index contributed by atoms with van der Waals surface area (Å²) in [6.45, 7) is 4.38. The second-order valence-electron chi connectivity index (χ2n) is 4.61. The molecule has 0 bridgehead atoms. The first-order chi connectivity index (χ1) is 10.0. The van der Waals surface area contributed by atoms with Gasteiger partial charge in [0.15, 0.2) is 5.03 Å². The first kappa shape index (κ1) is 15.3. The monoisotopic (exact) mass is 304 g/mol. The lowest BCUT2D eigenvalue weighted by Crippen LogP contribution is -2.21. The highest BCUT2D eigenvalue weighted by molar-refractivity contribution is 7.99. The Morgan fingerprint density at radius 3 is 2.86 bits per heavy atom. The van der Waals surface area contributed by atoms with Gasteiger partial charge in [0.05, 0.1) is 5.56 Å². The molecule has 2 aromatic rings. The first-order valence-corrected chi connectivity index (χ1v) is 7.41. The van der Waals surface area contributed by atoms with E-state index in [1.165, 1.54) is 11.8 Å². The molecule has 0 aliphatic rings. The van der Waals surface area contributed by atoms with Crippen LogP contribution in [0.2, 0.25) is 0 Å². The molecule has 0 saturated heterocycles. The van der Waals surface area contributed by atoms with Gasteiger partial charge in [-0.25, -0.2) is 9.78 Å². The predicted octanol–water partition coefficient (Wildman–Crippen LogP) is 2.81. The molecule has 0 aliphatic carbocycles. The van der Waals surface area contributed by atoms with Crippen molar-refractivity contribution in [3.8, 4) is 0 Å². The fraction of sp³-hybridized carbons (Fsp3) is 0.267. The fourth-order valence-corrected chi connectivity index (χ4v) is 2.78. The van der Waals surface area contributed by atoms with Crippen LogP contribution in [-0.2, 0) is 6.54 Å². The average molecular weight is 304 g/mol. The maximum atomic E-state index is 12.2. The van der Waals surface area contributed by atoms with Gasteiger partial charge in [0.1, 0.15) is 0 Å². The number of carboxylic acids is 1. The summed E-state index contributed by atoms with van der Waals surface area (Å²) in [6, 6.07) is 5.10. The maximum Gasteiger partial charge on any atom is 0.335 e. The average Bonchev–Trinajstić information content (AvgIpc) is 2.45. The molecule has 0 fully saturated rings. The van der Waals surface area contributed by atoms with E-state index < -0.39 is 5.97 Å². The zero-order valence-corrected chi connectivity index (χ0v) is 12.7. The van der Waals surface area contributed by atoms with Crippen molar-refractivity contribution in [3.63, 3.8) is 0 Å². The molecule has 1 heterocycles. The molecular weight excluding hydrogens is 288 g/mol. The molecule has 0 saturated carbocycles. The van der Waals surface area contributed by atoms with Crippen LogP contribution in [0.15, 0.2) is 45.3 Å². The van der Waals surface area contributed by atoms with Crippen molar-refractivity contribution in [2.45, 2.75) is 36.7 Å². The lowest BCUT2D eigenvalue weighted by atomic mass is 10.1. The number of aromatic nitrogens is 2. The highest BCUT2D eigenvalue weighted by atomic mass is 32.2. The van der Waals surface area contributed by atoms with Gasteiger partial charge in [-0.05, 0) is 31.0 Å². The predicted molar refractivity (Wildman–Crippen MR) is 81.0 cm³/mol. The Bertz CT molecular complexity index is 725. The smallest absolute Gasteiger partial charge is 0.335 e. The van der Waals surface area contributed by atoms with Gasteiger partial charge in [0.2, 0.25) is 0 Å². The fourth-order valence-electron chi connectivity index (χ4n) is 1.92. The number of nitrogens with zero attached hydrogens (tertiary/aromatic N) is 2. The highest BCUT2D eigenvalue weighted by Crippen LogP contribution is 2.25. The van der Waals surface area contributed by atoms with E-state index in [9.17, 15) is 9.59 Å². The van der Waals surface area contributed by atoms with Gasteiger partial charge in [-0.3, -0.25) is 4.79 Å². The number of aromatic carboxylic acids is 1. The molecule has 0 radical (unpaired) electrons. The number of carbonyl (C=O) groups is 1. The summed E-state index contributed by atoms with van der Waals surface area (Å²) in [7, 11) is 0. The summed E-state index contributed by atoms with van der Waals surface area (Å²) in [6.07, 6.45) is 4.11. The maximum absolute atomic E-state index is 12.2. The Morgan fingerprint density at radius 1 is 1.43 bits per heavy atom. The number of hydrogen-bond donors (Lipinski definition) is 1. The molecule has 0 aliphatic heterocycles. The van der Waals surface area contributed by atoms with Gasteiger partial charge in [0, 0.05) is 23.8 Å². The van der Waals surface area contributed by atoms with Crippen LogP contribution in [0.1, 0.15) is 29.3 Å². The largest absolute Gasteiger partial charge is 0.478 e. The SMILES string of the molecule is CCCn1ccnc(Sc2ccc(C)c(C(=O)O)c2)c1=O. The zero-order chi connectivity index (χ0) is 15.4. The summed E-state index contributed by atoms with van der Waals surface area (Å²) in [5.74, 6) is -0.973. The van der Waals surface area contributed by atoms with Gasteiger partial charge in [-0.1, -0.05) is 24.8 Å². The molecule has 2 rings (SSSR count). The van der Waals surface area contributed by atoms with E-state index in [4.69, 9.17) is 5.11 Å². The third-order valence-electron chi connectivity index (χ3n) is 3.00. The second-order valence-corrected chi connectivity index (χ2v) is 5.68. The minimum absolute atomic E-state index is 0.151. The number of benzene rings is 1. The van der Waals surface area contributed by atoms with E-state index in [1.54, 1.807) is 42.1 Å². The summed E-state index contributed by atoms with van der Waals surface area (Å²) in [5, 5.41) is 9.49. The Morgan fingerprint density at radius 2 is 2.19 bits per heavy atom. The van der Waals surface area contributed by atoms with Crippen LogP contribution in [0, 0.1) is 6.92 Å². The summed E-state index contributed by atoms with van der Waals surface area (Å²) >= 11 is 1.19. The Kier molecular flexibility index (Phi) is 4.80. The number of carboxylic acid groups (broad SMARTS) is 1. The summed E-state index contributed by atoms with van der Waals surface area (Å²) in [5.41, 5.74) is 0.780. The molecule has 6 heteroatoms. The van der Waals surface area contributed by atoms with Gasteiger partial charge in [-0.15, -0.1) is 0 Å². The van der Waals surface area contributed by atoms with Crippen LogP contribution >= 0.6 is 11.8 Å². The lowest BCUT2D eigenvalue weighted by Gasteiger charge is -2.07. The minimum Gasteiger partial charge on any atom is -0.478 e. The third-order valence-corrected chi connectivity index (χ3v) is 3.96. The molecule has 5 nitrogen and oxygen atoms in total. The number of hydrogen-bond acceptors (Lipinski definition) is 4. The van der Waals surface area contributed by atoms with Crippen LogP contribution in [0.25, 0.3) is 0 Å². The van der Waals surface area contributed by atoms with E-state index in [0.29, 0.717) is 22.0 Å². The Hall–Kier alpha value is -2.08. The highest BCUT2D eigenvalue weighted by Gasteiger charge is 2.11. The van der Waals surface area contributed by atoms with Crippen molar-refractivity contribution in [3.05, 3.63) is 52.1 Å². The van der Waals surface area contributed by atoms with Crippen molar-refractivity contribution in [1.82, 2.24) is 9.55 Å². The standard InChI is InChI=1S/C15H16N2O3S/c1-3-7-17-8-6-16-13(14(17)18)21-11-5-4-10(2)12(9-11)15(19)20/h4-6,8-9H,3,7H2,1-2H3,(H,19,20). The third kappa shape index (κ3) is 3.52. The van der Waals surface area contributed by atoms with Crippen LogP contribution in [0.3, 0.4) is 0 Å². The molecule has 21 heavy (non-hydrogen) atoms.